The highest BCUT2D eigenvalue weighted by molar-refractivity contribution is 6.30. The molecule has 0 unspecified atom stereocenters. The van der Waals surface area contributed by atoms with Crippen LogP contribution in [0.5, 0.6) is 0 Å². The summed E-state index contributed by atoms with van der Waals surface area (Å²) in [6, 6.07) is 7.50. The number of hydrogen-bond donors (Lipinski definition) is 1. The maximum absolute atomic E-state index is 10.4. The van der Waals surface area contributed by atoms with Crippen molar-refractivity contribution in [2.45, 2.75) is 31.9 Å². The van der Waals surface area contributed by atoms with E-state index in [1.54, 1.807) is 0 Å². The number of hydrogen-bond acceptors (Lipinski definition) is 2. The van der Waals surface area contributed by atoms with Crippen LogP contribution in [-0.4, -0.2) is 28.6 Å². The van der Waals surface area contributed by atoms with Crippen LogP contribution in [0.4, 0.5) is 0 Å². The van der Waals surface area contributed by atoms with Crippen LogP contribution in [0.15, 0.2) is 24.3 Å². The second kappa shape index (κ2) is 3.73. The molecule has 0 atom stereocenters. The lowest BCUT2D eigenvalue weighted by Gasteiger charge is -2.53. The van der Waals surface area contributed by atoms with Crippen molar-refractivity contribution < 1.29 is 5.11 Å². The van der Waals surface area contributed by atoms with Gasteiger partial charge in [-0.2, -0.15) is 0 Å². The van der Waals surface area contributed by atoms with Crippen LogP contribution in [0.3, 0.4) is 0 Å². The van der Waals surface area contributed by atoms with Gasteiger partial charge in [0, 0.05) is 23.7 Å². The second-order valence-corrected chi connectivity index (χ2v) is 6.01. The van der Waals surface area contributed by atoms with Gasteiger partial charge in [0.1, 0.15) is 5.60 Å². The average molecular weight is 240 g/mol. The lowest BCUT2D eigenvalue weighted by molar-refractivity contribution is -0.137. The summed E-state index contributed by atoms with van der Waals surface area (Å²) in [5, 5.41) is 11.1. The maximum Gasteiger partial charge on any atom is 0.115 e. The number of nitrogens with zero attached hydrogens (tertiary/aromatic N) is 1. The van der Waals surface area contributed by atoms with E-state index in [0.29, 0.717) is 18.1 Å². The smallest absolute Gasteiger partial charge is 0.115 e. The summed E-state index contributed by atoms with van der Waals surface area (Å²) in [4.78, 5) is 2.26. The van der Waals surface area contributed by atoms with Gasteiger partial charge in [-0.25, -0.2) is 0 Å². The topological polar surface area (TPSA) is 23.5 Å². The van der Waals surface area contributed by atoms with Gasteiger partial charge in [0.2, 0.25) is 0 Å². The predicted molar refractivity (Wildman–Crippen MR) is 66.7 cm³/mol. The van der Waals surface area contributed by atoms with Crippen LogP contribution in [0.25, 0.3) is 0 Å². The SMILES string of the molecule is CC(C)(C)N1CC(O)(c2cccc(Cl)c2)C1. The molecular formula is C13H18ClNO. The molecule has 1 fully saturated rings. The van der Waals surface area contributed by atoms with Crippen LogP contribution >= 0.6 is 11.6 Å². The minimum absolute atomic E-state index is 0.116. The summed E-state index contributed by atoms with van der Waals surface area (Å²) in [5.74, 6) is 0. The number of β-amino-alcohol motifs (C(OH)–C–C–N with tert-alkyl or cyclic N) is 1. The molecule has 0 radical (unpaired) electrons. The summed E-state index contributed by atoms with van der Waals surface area (Å²) in [7, 11) is 0. The zero-order valence-electron chi connectivity index (χ0n) is 10.00. The number of aliphatic hydroxyl groups is 1. The molecule has 88 valence electrons. The van der Waals surface area contributed by atoms with E-state index in [9.17, 15) is 5.11 Å². The number of benzene rings is 1. The summed E-state index contributed by atoms with van der Waals surface area (Å²) < 4.78 is 0. The molecule has 1 aliphatic heterocycles. The molecular weight excluding hydrogens is 222 g/mol. The maximum atomic E-state index is 10.4. The number of likely N-dealkylation sites (tertiary alicyclic amines) is 1. The van der Waals surface area contributed by atoms with Crippen molar-refractivity contribution in [1.29, 1.82) is 0 Å². The molecule has 1 aromatic carbocycles. The van der Waals surface area contributed by atoms with Gasteiger partial charge in [-0.15, -0.1) is 0 Å². The van der Waals surface area contributed by atoms with Crippen LogP contribution in [0, 0.1) is 0 Å². The van der Waals surface area contributed by atoms with Crippen molar-refractivity contribution in [3.8, 4) is 0 Å². The molecule has 2 rings (SSSR count). The number of halogens is 1. The first-order chi connectivity index (χ1) is 7.31. The van der Waals surface area contributed by atoms with E-state index in [0.717, 1.165) is 5.56 Å². The minimum atomic E-state index is -0.724. The Balaban J connectivity index is 2.14. The molecule has 2 nitrogen and oxygen atoms in total. The number of rotatable bonds is 1. The molecule has 3 heteroatoms. The Hall–Kier alpha value is -0.570. The van der Waals surface area contributed by atoms with Gasteiger partial charge in [-0.3, -0.25) is 4.90 Å². The highest BCUT2D eigenvalue weighted by Crippen LogP contribution is 2.36. The normalized spacial score (nSPS) is 20.6. The van der Waals surface area contributed by atoms with E-state index in [1.807, 2.05) is 24.3 Å². The third-order valence-corrected chi connectivity index (χ3v) is 3.45. The van der Waals surface area contributed by atoms with E-state index in [4.69, 9.17) is 11.6 Å². The highest BCUT2D eigenvalue weighted by atomic mass is 35.5. The Morgan fingerprint density at radius 1 is 1.31 bits per heavy atom. The monoisotopic (exact) mass is 239 g/mol. The standard InChI is InChI=1S/C13H18ClNO/c1-12(2,3)15-8-13(16,9-15)10-5-4-6-11(14)7-10/h4-7,16H,8-9H2,1-3H3. The average Bonchev–Trinajstić information content (AvgIpc) is 2.11. The summed E-state index contributed by atoms with van der Waals surface area (Å²) >= 11 is 5.93. The fourth-order valence-electron chi connectivity index (χ4n) is 2.02. The molecule has 0 amide bonds. The fourth-order valence-corrected chi connectivity index (χ4v) is 2.21. The van der Waals surface area contributed by atoms with Crippen molar-refractivity contribution in [3.63, 3.8) is 0 Å². The van der Waals surface area contributed by atoms with Crippen LogP contribution in [0.2, 0.25) is 5.02 Å². The molecule has 0 spiro atoms. The van der Waals surface area contributed by atoms with E-state index < -0.39 is 5.60 Å². The van der Waals surface area contributed by atoms with Gasteiger partial charge < -0.3 is 5.11 Å². The Labute approximate surface area is 102 Å². The molecule has 0 aromatic heterocycles. The van der Waals surface area contributed by atoms with Crippen LogP contribution in [0.1, 0.15) is 26.3 Å². The van der Waals surface area contributed by atoms with Gasteiger partial charge in [-0.05, 0) is 38.5 Å². The lowest BCUT2D eigenvalue weighted by atomic mass is 9.83. The van der Waals surface area contributed by atoms with Gasteiger partial charge in [0.15, 0.2) is 0 Å². The van der Waals surface area contributed by atoms with Crippen molar-refractivity contribution in [1.82, 2.24) is 4.90 Å². The first kappa shape index (κ1) is 11.9. The van der Waals surface area contributed by atoms with Crippen molar-refractivity contribution in [2.75, 3.05) is 13.1 Å². The summed E-state index contributed by atoms with van der Waals surface area (Å²) in [6.07, 6.45) is 0. The summed E-state index contributed by atoms with van der Waals surface area (Å²) in [6.45, 7) is 7.83. The highest BCUT2D eigenvalue weighted by Gasteiger charge is 2.46. The molecule has 1 aliphatic rings. The second-order valence-electron chi connectivity index (χ2n) is 5.57. The lowest BCUT2D eigenvalue weighted by Crippen LogP contribution is -2.64. The van der Waals surface area contributed by atoms with E-state index in [-0.39, 0.29) is 5.54 Å². The first-order valence-electron chi connectivity index (χ1n) is 5.55. The van der Waals surface area contributed by atoms with E-state index in [1.165, 1.54) is 0 Å². The molecule has 0 aliphatic carbocycles. The van der Waals surface area contributed by atoms with Gasteiger partial charge in [0.05, 0.1) is 0 Å². The first-order valence-corrected chi connectivity index (χ1v) is 5.93. The van der Waals surface area contributed by atoms with Crippen molar-refractivity contribution in [3.05, 3.63) is 34.9 Å². The largest absolute Gasteiger partial charge is 0.382 e. The Bertz CT molecular complexity index is 391. The molecule has 1 heterocycles. The third-order valence-electron chi connectivity index (χ3n) is 3.22. The van der Waals surface area contributed by atoms with E-state index >= 15 is 0 Å². The van der Waals surface area contributed by atoms with Crippen molar-refractivity contribution in [2.24, 2.45) is 0 Å². The molecule has 1 saturated heterocycles. The van der Waals surface area contributed by atoms with Gasteiger partial charge in [0.25, 0.3) is 0 Å². The van der Waals surface area contributed by atoms with Crippen LogP contribution in [-0.2, 0) is 5.60 Å². The summed E-state index contributed by atoms with van der Waals surface area (Å²) in [5.41, 5.74) is 0.309. The Morgan fingerprint density at radius 3 is 2.44 bits per heavy atom. The quantitative estimate of drug-likeness (QED) is 0.815. The molecule has 1 aromatic rings. The molecule has 0 saturated carbocycles. The van der Waals surface area contributed by atoms with Gasteiger partial charge in [-0.1, -0.05) is 23.7 Å². The Morgan fingerprint density at radius 2 is 1.94 bits per heavy atom. The third kappa shape index (κ3) is 2.10. The Kier molecular flexibility index (Phi) is 2.77. The molecule has 0 bridgehead atoms. The van der Waals surface area contributed by atoms with Crippen LogP contribution < -0.4 is 0 Å². The minimum Gasteiger partial charge on any atom is -0.382 e. The zero-order valence-corrected chi connectivity index (χ0v) is 10.8. The van der Waals surface area contributed by atoms with Crippen molar-refractivity contribution >= 4 is 11.6 Å². The zero-order chi connectivity index (χ0) is 12.0. The molecule has 16 heavy (non-hydrogen) atoms. The fraction of sp³-hybridized carbons (Fsp3) is 0.538. The molecule has 1 N–H and O–H groups in total. The predicted octanol–water partition coefficient (Wildman–Crippen LogP) is 2.64. The van der Waals surface area contributed by atoms with Gasteiger partial charge >= 0.3 is 0 Å². The van der Waals surface area contributed by atoms with E-state index in [2.05, 4.69) is 25.7 Å².